The monoisotopic (exact) mass is 512 g/mol. The summed E-state index contributed by atoms with van der Waals surface area (Å²) in [7, 11) is 1.02. The Hall–Kier alpha value is -1.79. The van der Waals surface area contributed by atoms with Crippen LogP contribution in [-0.4, -0.2) is 62.8 Å². The van der Waals surface area contributed by atoms with Gasteiger partial charge in [0.2, 0.25) is 11.8 Å². The molecule has 1 heterocycles. The van der Waals surface area contributed by atoms with Gasteiger partial charge in [-0.15, -0.1) is 0 Å². The average Bonchev–Trinajstić information content (AvgIpc) is 3.13. The third kappa shape index (κ3) is 10.0. The summed E-state index contributed by atoms with van der Waals surface area (Å²) in [5.74, 6) is 5.05. The number of carbonyl (C=O) groups excluding carboxylic acids is 2. The van der Waals surface area contributed by atoms with E-state index in [1.165, 1.54) is 4.90 Å². The summed E-state index contributed by atoms with van der Waals surface area (Å²) in [4.78, 5) is 29.6. The average molecular weight is 512 g/mol. The Morgan fingerprint density at radius 2 is 1.69 bits per heavy atom. The van der Waals surface area contributed by atoms with E-state index in [1.807, 2.05) is 20.8 Å². The first kappa shape index (κ1) is 29.4. The van der Waals surface area contributed by atoms with E-state index in [0.717, 1.165) is 5.56 Å². The highest BCUT2D eigenvalue weighted by molar-refractivity contribution is 7.48. The molecule has 11 nitrogen and oxygen atoms in total. The zero-order valence-electron chi connectivity index (χ0n) is 20.5. The van der Waals surface area contributed by atoms with Crippen molar-refractivity contribution in [2.75, 3.05) is 26.4 Å². The minimum Gasteiger partial charge on any atom is -0.445 e. The number of rotatable bonds is 17. The summed E-state index contributed by atoms with van der Waals surface area (Å²) in [6, 6.07) is 6.36. The Morgan fingerprint density at radius 1 is 1.06 bits per heavy atom. The van der Waals surface area contributed by atoms with Gasteiger partial charge in [-0.05, 0) is 51.3 Å². The third-order valence-electron chi connectivity index (χ3n) is 5.35. The van der Waals surface area contributed by atoms with Crippen LogP contribution < -0.4 is 10.4 Å². The molecule has 2 N–H and O–H groups in total. The molecule has 0 saturated carbocycles. The third-order valence-corrected chi connectivity index (χ3v) is 6.79. The van der Waals surface area contributed by atoms with Gasteiger partial charge in [0.25, 0.3) is 8.05 Å². The number of nitrogens with zero attached hydrogens (tertiary/aromatic N) is 1. The lowest BCUT2D eigenvalue weighted by atomic mass is 10.1. The van der Waals surface area contributed by atoms with Gasteiger partial charge in [-0.2, -0.15) is 0 Å². The fourth-order valence-electron chi connectivity index (χ4n) is 3.35. The van der Waals surface area contributed by atoms with Gasteiger partial charge in [0, 0.05) is 25.5 Å². The maximum absolute atomic E-state index is 13.1. The summed E-state index contributed by atoms with van der Waals surface area (Å²) in [5.41, 5.74) is 0.174. The first-order valence-electron chi connectivity index (χ1n) is 11.4. The summed E-state index contributed by atoms with van der Waals surface area (Å²) in [6.07, 6.45) is 1.41. The zero-order valence-corrected chi connectivity index (χ0v) is 21.4. The van der Waals surface area contributed by atoms with Gasteiger partial charge >= 0.3 is 7.82 Å². The van der Waals surface area contributed by atoms with E-state index in [4.69, 9.17) is 32.3 Å². The van der Waals surface area contributed by atoms with Gasteiger partial charge in [-0.1, -0.05) is 12.1 Å². The molecule has 1 aromatic rings. The van der Waals surface area contributed by atoms with Crippen LogP contribution in [0.3, 0.4) is 0 Å². The van der Waals surface area contributed by atoms with Crippen LogP contribution in [0, 0.1) is 0 Å². The minimum atomic E-state index is -3.99. The van der Waals surface area contributed by atoms with Gasteiger partial charge in [0.1, 0.15) is 5.75 Å². The summed E-state index contributed by atoms with van der Waals surface area (Å²) in [6.45, 7) is 6.02. The number of hydrogen-bond donors (Lipinski definition) is 1. The highest BCUT2D eigenvalue weighted by atomic mass is 31.2. The number of benzene rings is 1. The highest BCUT2D eigenvalue weighted by Crippen LogP contribution is 2.49. The summed E-state index contributed by atoms with van der Waals surface area (Å²) >= 11 is 0. The summed E-state index contributed by atoms with van der Waals surface area (Å²) in [5, 5.41) is 0. The maximum atomic E-state index is 13.1. The quantitative estimate of drug-likeness (QED) is 0.109. The molecule has 13 heteroatoms. The van der Waals surface area contributed by atoms with Crippen molar-refractivity contribution < 1.29 is 42.0 Å². The Morgan fingerprint density at radius 3 is 2.29 bits per heavy atom. The smallest absolute Gasteiger partial charge is 0.445 e. The van der Waals surface area contributed by atoms with Crippen LogP contribution in [0.5, 0.6) is 5.75 Å². The van der Waals surface area contributed by atoms with Crippen LogP contribution in [0.25, 0.3) is 0 Å². The molecule has 2 atom stereocenters. The van der Waals surface area contributed by atoms with Gasteiger partial charge in [0.15, 0.2) is 0 Å². The number of amides is 2. The lowest BCUT2D eigenvalue weighted by Gasteiger charge is -2.28. The Labute approximate surface area is 207 Å². The molecule has 0 bridgehead atoms. The standard InChI is InChI=1S/C22H34BN2O9P/c1-17(25-20(26)8-9-21(25)27)10-12-29-22(2,3)11-13-32-35(28,33-15-14-30-23)34-19-6-4-18(5-7-19)16-31-24/h4-7,17H,8-16,24H2,1-3H3. The number of ether oxygens (including phenoxy) is 1. The number of phosphoric acid groups is 1. The zero-order chi connectivity index (χ0) is 25.9. The van der Waals surface area contributed by atoms with Crippen LogP contribution in [0.15, 0.2) is 24.3 Å². The Kier molecular flexibility index (Phi) is 11.8. The summed E-state index contributed by atoms with van der Waals surface area (Å²) < 4.78 is 39.9. The van der Waals surface area contributed by atoms with Crippen molar-refractivity contribution >= 4 is 27.7 Å². The van der Waals surface area contributed by atoms with Crippen LogP contribution in [0.2, 0.25) is 0 Å². The molecule has 1 aliphatic heterocycles. The van der Waals surface area contributed by atoms with E-state index >= 15 is 0 Å². The fraction of sp³-hybridized carbons (Fsp3) is 0.636. The van der Waals surface area contributed by atoms with Crippen LogP contribution in [0.1, 0.15) is 52.0 Å². The van der Waals surface area contributed by atoms with E-state index in [-0.39, 0.29) is 62.9 Å². The molecule has 2 rings (SSSR count). The van der Waals surface area contributed by atoms with Crippen LogP contribution in [0.4, 0.5) is 0 Å². The largest absolute Gasteiger partial charge is 0.530 e. The van der Waals surface area contributed by atoms with E-state index in [0.29, 0.717) is 19.4 Å². The molecule has 1 saturated heterocycles. The first-order valence-corrected chi connectivity index (χ1v) is 12.8. The van der Waals surface area contributed by atoms with Crippen molar-refractivity contribution in [1.82, 2.24) is 4.90 Å². The van der Waals surface area contributed by atoms with Gasteiger partial charge in [-0.3, -0.25) is 28.4 Å². The Balaban J connectivity index is 1.85. The van der Waals surface area contributed by atoms with E-state index in [1.54, 1.807) is 24.3 Å². The molecule has 194 valence electrons. The first-order chi connectivity index (χ1) is 16.6. The van der Waals surface area contributed by atoms with Gasteiger partial charge in [-0.25, -0.2) is 10.5 Å². The fourth-order valence-corrected chi connectivity index (χ4v) is 4.53. The predicted molar refractivity (Wildman–Crippen MR) is 127 cm³/mol. The molecule has 2 amide bonds. The topological polar surface area (TPSA) is 136 Å². The van der Waals surface area contributed by atoms with Crippen molar-refractivity contribution in [3.05, 3.63) is 29.8 Å². The van der Waals surface area contributed by atoms with Crippen molar-refractivity contribution in [2.24, 2.45) is 5.90 Å². The molecule has 1 fully saturated rings. The number of carbonyl (C=O) groups is 2. The minimum absolute atomic E-state index is 0.00169. The molecular formula is C22H34BN2O9P. The van der Waals surface area contributed by atoms with E-state index < -0.39 is 13.4 Å². The molecule has 0 spiro atoms. The van der Waals surface area contributed by atoms with Gasteiger partial charge in [0.05, 0.1) is 32.0 Å². The highest BCUT2D eigenvalue weighted by Gasteiger charge is 2.33. The van der Waals surface area contributed by atoms with Crippen molar-refractivity contribution in [3.8, 4) is 5.75 Å². The predicted octanol–water partition coefficient (Wildman–Crippen LogP) is 2.81. The van der Waals surface area contributed by atoms with Crippen LogP contribution in [-0.2, 0) is 44.0 Å². The van der Waals surface area contributed by atoms with Crippen molar-refractivity contribution in [3.63, 3.8) is 0 Å². The molecule has 2 unspecified atom stereocenters. The van der Waals surface area contributed by atoms with Crippen LogP contribution >= 0.6 is 7.82 Å². The maximum Gasteiger partial charge on any atom is 0.530 e. The van der Waals surface area contributed by atoms with E-state index in [9.17, 15) is 14.2 Å². The molecule has 2 radical (unpaired) electrons. The number of nitrogens with two attached hydrogens (primary N) is 1. The second-order valence-corrected chi connectivity index (χ2v) is 10.3. The van der Waals surface area contributed by atoms with E-state index in [2.05, 4.69) is 9.49 Å². The van der Waals surface area contributed by atoms with Gasteiger partial charge < -0.3 is 13.9 Å². The number of hydrogen-bond acceptors (Lipinski definition) is 10. The molecule has 0 aromatic heterocycles. The lowest BCUT2D eigenvalue weighted by Crippen LogP contribution is -2.38. The van der Waals surface area contributed by atoms with Crippen molar-refractivity contribution in [1.29, 1.82) is 0 Å². The number of likely N-dealkylation sites (tertiary alicyclic amines) is 1. The molecule has 0 aliphatic carbocycles. The molecule has 1 aromatic carbocycles. The number of phosphoric ester groups is 1. The second-order valence-electron chi connectivity index (χ2n) is 8.68. The lowest BCUT2D eigenvalue weighted by molar-refractivity contribution is -0.141. The molecule has 1 aliphatic rings. The molecule has 35 heavy (non-hydrogen) atoms. The second kappa shape index (κ2) is 14.1. The molecular weight excluding hydrogens is 478 g/mol. The number of imide groups is 1. The SMILES string of the molecule is [B]OCCOP(=O)(OCCC(C)(C)OCCC(C)N1C(=O)CCC1=O)Oc1ccc(CON)cc1. The van der Waals surface area contributed by atoms with Crippen molar-refractivity contribution in [2.45, 2.75) is 64.7 Å². The Bertz CT molecular complexity index is 853. The normalized spacial score (nSPS) is 17.0.